The Morgan fingerprint density at radius 1 is 0.745 bits per heavy atom. The predicted octanol–water partition coefficient (Wildman–Crippen LogP) is 7.36. The first-order valence-corrected chi connectivity index (χ1v) is 18.3. The van der Waals surface area contributed by atoms with Crippen LogP contribution < -0.4 is 19.8 Å². The molecule has 47 heavy (non-hydrogen) atoms. The van der Waals surface area contributed by atoms with E-state index in [-0.39, 0.29) is 17.6 Å². The van der Waals surface area contributed by atoms with Crippen LogP contribution in [0.3, 0.4) is 0 Å². The molecule has 1 N–H and O–H groups in total. The van der Waals surface area contributed by atoms with Gasteiger partial charge in [0.1, 0.15) is 35.9 Å². The molecule has 0 fully saturated rings. The average molecular weight is 655 g/mol. The van der Waals surface area contributed by atoms with Gasteiger partial charge in [-0.1, -0.05) is 93.6 Å². The molecule has 0 saturated heterocycles. The Labute approximate surface area is 281 Å². The maximum atomic E-state index is 12.3. The summed E-state index contributed by atoms with van der Waals surface area (Å²) in [5, 5.41) is 13.2. The largest absolute Gasteiger partial charge is 0.491 e. The minimum absolute atomic E-state index is 0.0474. The van der Waals surface area contributed by atoms with Gasteiger partial charge in [0, 0.05) is 6.61 Å². The highest BCUT2D eigenvalue weighted by Gasteiger charge is 2.49. The summed E-state index contributed by atoms with van der Waals surface area (Å²) >= 11 is 0. The number of aryl methyl sites for hydroxylation is 1. The standard InChI is InChI=1S/C40H50O6Si/c1-30(45-34-26-22-32(23-27-34)38(42)46-39(2,3)4)37(41)29-43-33-24-20-31(21-25-33)15-14-28-44-47(40(5,6)7,35-16-10-8-11-17-35)36-18-12-9-13-19-36/h8-13,16-27,30,37,41H,14-15,28-29H2,1-7H3. The number of esters is 1. The molecule has 0 heterocycles. The number of carbonyl (C=O) groups excluding carboxylic acids is 1. The average Bonchev–Trinajstić information content (AvgIpc) is 3.04. The van der Waals surface area contributed by atoms with Gasteiger partial charge >= 0.3 is 5.97 Å². The zero-order chi connectivity index (χ0) is 34.1. The molecule has 2 atom stereocenters. The minimum Gasteiger partial charge on any atom is -0.491 e. The Bertz CT molecular complexity index is 1490. The van der Waals surface area contributed by atoms with E-state index in [1.54, 1.807) is 31.2 Å². The van der Waals surface area contributed by atoms with Crippen molar-refractivity contribution < 1.29 is 28.5 Å². The normalized spacial score (nSPS) is 13.4. The van der Waals surface area contributed by atoms with Crippen LogP contribution >= 0.6 is 0 Å². The van der Waals surface area contributed by atoms with Gasteiger partial charge in [0.25, 0.3) is 8.32 Å². The van der Waals surface area contributed by atoms with Crippen molar-refractivity contribution in [2.24, 2.45) is 0 Å². The number of aliphatic hydroxyl groups is 1. The van der Waals surface area contributed by atoms with Gasteiger partial charge in [-0.25, -0.2) is 4.79 Å². The van der Waals surface area contributed by atoms with Gasteiger partial charge in [-0.05, 0) is 97.9 Å². The monoisotopic (exact) mass is 654 g/mol. The molecule has 4 aromatic carbocycles. The van der Waals surface area contributed by atoms with Crippen LogP contribution in [-0.4, -0.2) is 50.4 Å². The van der Waals surface area contributed by atoms with Gasteiger partial charge < -0.3 is 23.7 Å². The van der Waals surface area contributed by atoms with E-state index < -0.39 is 26.1 Å². The van der Waals surface area contributed by atoms with Crippen molar-refractivity contribution in [3.05, 3.63) is 120 Å². The Hall–Kier alpha value is -3.91. The van der Waals surface area contributed by atoms with E-state index in [9.17, 15) is 9.90 Å². The zero-order valence-electron chi connectivity index (χ0n) is 28.9. The molecule has 2 unspecified atom stereocenters. The maximum absolute atomic E-state index is 12.3. The molecule has 0 aliphatic carbocycles. The first-order valence-electron chi connectivity index (χ1n) is 16.4. The van der Waals surface area contributed by atoms with Crippen molar-refractivity contribution in [2.45, 2.75) is 84.2 Å². The molecule has 4 rings (SSSR count). The Balaban J connectivity index is 1.27. The molecule has 0 radical (unpaired) electrons. The Morgan fingerprint density at radius 2 is 1.28 bits per heavy atom. The lowest BCUT2D eigenvalue weighted by molar-refractivity contribution is 0.00685. The van der Waals surface area contributed by atoms with Crippen LogP contribution in [0.2, 0.25) is 5.04 Å². The first kappa shape index (κ1) is 35.9. The zero-order valence-corrected chi connectivity index (χ0v) is 29.9. The van der Waals surface area contributed by atoms with Crippen LogP contribution in [0.1, 0.15) is 70.8 Å². The van der Waals surface area contributed by atoms with Crippen LogP contribution in [0.15, 0.2) is 109 Å². The van der Waals surface area contributed by atoms with Crippen LogP contribution in [0.4, 0.5) is 0 Å². The summed E-state index contributed by atoms with van der Waals surface area (Å²) in [6, 6.07) is 36.2. The molecule has 0 saturated carbocycles. The number of aliphatic hydroxyl groups excluding tert-OH is 1. The van der Waals surface area contributed by atoms with Gasteiger partial charge in [-0.3, -0.25) is 0 Å². The number of benzene rings is 4. The van der Waals surface area contributed by atoms with Crippen molar-refractivity contribution in [2.75, 3.05) is 13.2 Å². The summed E-state index contributed by atoms with van der Waals surface area (Å²) in [4.78, 5) is 12.3. The molecular formula is C40H50O6Si. The van der Waals surface area contributed by atoms with Gasteiger partial charge in [0.15, 0.2) is 0 Å². The quantitative estimate of drug-likeness (QED) is 0.0871. The summed E-state index contributed by atoms with van der Waals surface area (Å²) in [6.07, 6.45) is 0.423. The highest BCUT2D eigenvalue weighted by Crippen LogP contribution is 2.37. The summed E-state index contributed by atoms with van der Waals surface area (Å²) in [6.45, 7) is 14.9. The fraction of sp³-hybridized carbons (Fsp3) is 0.375. The topological polar surface area (TPSA) is 74.2 Å². The second-order valence-corrected chi connectivity index (χ2v) is 18.3. The summed E-state index contributed by atoms with van der Waals surface area (Å²) < 4.78 is 24.2. The maximum Gasteiger partial charge on any atom is 0.338 e. The Morgan fingerprint density at radius 3 is 1.79 bits per heavy atom. The van der Waals surface area contributed by atoms with Gasteiger partial charge in [0.05, 0.1) is 5.56 Å². The molecule has 0 aliphatic heterocycles. The third-order valence-electron chi connectivity index (χ3n) is 8.04. The number of rotatable bonds is 14. The molecule has 6 nitrogen and oxygen atoms in total. The number of hydrogen-bond donors (Lipinski definition) is 1. The van der Waals surface area contributed by atoms with Crippen molar-refractivity contribution in [3.63, 3.8) is 0 Å². The van der Waals surface area contributed by atoms with Crippen molar-refractivity contribution in [1.29, 1.82) is 0 Å². The van der Waals surface area contributed by atoms with Crippen LogP contribution in [0.5, 0.6) is 11.5 Å². The smallest absolute Gasteiger partial charge is 0.338 e. The van der Waals surface area contributed by atoms with E-state index in [4.69, 9.17) is 18.6 Å². The fourth-order valence-electron chi connectivity index (χ4n) is 5.63. The fourth-order valence-corrected chi connectivity index (χ4v) is 10.2. The molecule has 0 amide bonds. The second-order valence-electron chi connectivity index (χ2n) is 14.0. The molecule has 4 aromatic rings. The SMILES string of the molecule is CC(Oc1ccc(C(=O)OC(C)(C)C)cc1)C(O)COc1ccc(CCCO[Si](c2ccccc2)(c2ccccc2)C(C)(C)C)cc1. The van der Waals surface area contributed by atoms with Crippen molar-refractivity contribution in [1.82, 2.24) is 0 Å². The van der Waals surface area contributed by atoms with E-state index in [2.05, 4.69) is 93.6 Å². The lowest BCUT2D eigenvalue weighted by Crippen LogP contribution is -2.66. The van der Waals surface area contributed by atoms with E-state index in [1.165, 1.54) is 15.9 Å². The third kappa shape index (κ3) is 9.80. The van der Waals surface area contributed by atoms with E-state index in [1.807, 2.05) is 32.9 Å². The molecule has 0 bridgehead atoms. The number of hydrogen-bond acceptors (Lipinski definition) is 6. The number of ether oxygens (including phenoxy) is 3. The molecular weight excluding hydrogens is 605 g/mol. The summed E-state index contributed by atoms with van der Waals surface area (Å²) in [5.41, 5.74) is 1.08. The predicted molar refractivity (Wildman–Crippen MR) is 192 cm³/mol. The van der Waals surface area contributed by atoms with Gasteiger partial charge in [-0.15, -0.1) is 0 Å². The lowest BCUT2D eigenvalue weighted by atomic mass is 10.1. The first-order chi connectivity index (χ1) is 22.3. The van der Waals surface area contributed by atoms with Gasteiger partial charge in [-0.2, -0.15) is 0 Å². The van der Waals surface area contributed by atoms with Crippen LogP contribution in [-0.2, 0) is 15.6 Å². The highest BCUT2D eigenvalue weighted by molar-refractivity contribution is 6.99. The lowest BCUT2D eigenvalue weighted by Gasteiger charge is -2.43. The molecule has 0 aliphatic rings. The van der Waals surface area contributed by atoms with Crippen molar-refractivity contribution >= 4 is 24.7 Å². The molecule has 7 heteroatoms. The highest BCUT2D eigenvalue weighted by atomic mass is 28.4. The Kier molecular flexibility index (Phi) is 12.1. The van der Waals surface area contributed by atoms with E-state index in [0.717, 1.165) is 12.8 Å². The van der Waals surface area contributed by atoms with Crippen molar-refractivity contribution in [3.8, 4) is 11.5 Å². The van der Waals surface area contributed by atoms with E-state index in [0.29, 0.717) is 23.7 Å². The summed E-state index contributed by atoms with van der Waals surface area (Å²) in [5.74, 6) is 0.845. The van der Waals surface area contributed by atoms with E-state index >= 15 is 0 Å². The molecule has 0 aromatic heterocycles. The molecule has 250 valence electrons. The number of carbonyl (C=O) groups is 1. The summed E-state index contributed by atoms with van der Waals surface area (Å²) in [7, 11) is -2.54. The van der Waals surface area contributed by atoms with Crippen LogP contribution in [0, 0.1) is 0 Å². The van der Waals surface area contributed by atoms with Crippen LogP contribution in [0.25, 0.3) is 0 Å². The molecule has 0 spiro atoms. The minimum atomic E-state index is -2.54. The third-order valence-corrected chi connectivity index (χ3v) is 13.1. The second kappa shape index (κ2) is 15.8. The van der Waals surface area contributed by atoms with Gasteiger partial charge in [0.2, 0.25) is 0 Å².